The fourth-order valence-corrected chi connectivity index (χ4v) is 2.32. The van der Waals surface area contributed by atoms with Crippen LogP contribution in [0.2, 0.25) is 0 Å². The van der Waals surface area contributed by atoms with E-state index >= 15 is 0 Å². The van der Waals surface area contributed by atoms with Gasteiger partial charge in [-0.25, -0.2) is 0 Å². The Morgan fingerprint density at radius 3 is 2.38 bits per heavy atom. The molecule has 0 amide bonds. The number of carbonyl (C=O) groups is 1. The van der Waals surface area contributed by atoms with Crippen molar-refractivity contribution in [2.24, 2.45) is 27.6 Å². The van der Waals surface area contributed by atoms with E-state index in [0.717, 1.165) is 24.3 Å². The summed E-state index contributed by atoms with van der Waals surface area (Å²) in [7, 11) is 0. The zero-order valence-electron chi connectivity index (χ0n) is 11.6. The smallest absolute Gasteiger partial charge is 0.306 e. The van der Waals surface area contributed by atoms with Gasteiger partial charge in [-0.15, -0.1) is 5.10 Å². The molecule has 0 aliphatic carbocycles. The highest BCUT2D eigenvalue weighted by molar-refractivity contribution is 5.82. The van der Waals surface area contributed by atoms with Crippen LogP contribution in [0, 0.1) is 5.92 Å². The Bertz CT molecular complexity index is 541. The molecule has 21 heavy (non-hydrogen) atoms. The van der Waals surface area contributed by atoms with Crippen LogP contribution in [0.4, 0.5) is 5.69 Å². The van der Waals surface area contributed by atoms with Gasteiger partial charge < -0.3 is 21.5 Å². The third-order valence-corrected chi connectivity index (χ3v) is 3.48. The van der Waals surface area contributed by atoms with Gasteiger partial charge in [0, 0.05) is 18.8 Å². The van der Waals surface area contributed by atoms with Crippen molar-refractivity contribution in [2.45, 2.75) is 12.8 Å². The fourth-order valence-electron chi connectivity index (χ4n) is 2.32. The molecule has 0 unspecified atom stereocenters. The first kappa shape index (κ1) is 14.8. The molecule has 5 N–H and O–H groups in total. The maximum atomic E-state index is 10.9. The molecule has 7 nitrogen and oxygen atoms in total. The van der Waals surface area contributed by atoms with Crippen LogP contribution in [0.5, 0.6) is 0 Å². The molecule has 0 bridgehead atoms. The maximum absolute atomic E-state index is 10.9. The Morgan fingerprint density at radius 2 is 1.86 bits per heavy atom. The van der Waals surface area contributed by atoms with E-state index in [1.165, 1.54) is 0 Å². The molecule has 0 saturated carbocycles. The van der Waals surface area contributed by atoms with Crippen molar-refractivity contribution >= 4 is 23.8 Å². The number of rotatable bonds is 4. The number of aliphatic carboxylic acids is 1. The minimum atomic E-state index is -0.694. The zero-order chi connectivity index (χ0) is 15.2. The van der Waals surface area contributed by atoms with Gasteiger partial charge in [0.05, 0.1) is 12.1 Å². The second-order valence-corrected chi connectivity index (χ2v) is 4.96. The lowest BCUT2D eigenvalue weighted by Crippen LogP contribution is -2.36. The molecule has 0 radical (unpaired) electrons. The zero-order valence-corrected chi connectivity index (χ0v) is 11.6. The van der Waals surface area contributed by atoms with Crippen molar-refractivity contribution < 1.29 is 9.90 Å². The number of guanidine groups is 1. The first-order valence-electron chi connectivity index (χ1n) is 6.76. The van der Waals surface area contributed by atoms with Crippen LogP contribution in [0.1, 0.15) is 18.4 Å². The van der Waals surface area contributed by atoms with Crippen LogP contribution in [0.15, 0.2) is 34.5 Å². The van der Waals surface area contributed by atoms with Crippen molar-refractivity contribution in [3.05, 3.63) is 29.8 Å². The van der Waals surface area contributed by atoms with E-state index in [1.807, 2.05) is 24.3 Å². The van der Waals surface area contributed by atoms with Gasteiger partial charge in [0.15, 0.2) is 0 Å². The summed E-state index contributed by atoms with van der Waals surface area (Å²) in [6.07, 6.45) is 2.94. The molecule has 0 atom stereocenters. The Labute approximate surface area is 123 Å². The maximum Gasteiger partial charge on any atom is 0.306 e. The van der Waals surface area contributed by atoms with Crippen molar-refractivity contribution in [1.29, 1.82) is 0 Å². The molecule has 1 saturated heterocycles. The van der Waals surface area contributed by atoms with Gasteiger partial charge in [-0.3, -0.25) is 4.79 Å². The van der Waals surface area contributed by atoms with Crippen LogP contribution in [-0.2, 0) is 4.79 Å². The van der Waals surface area contributed by atoms with Crippen molar-refractivity contribution in [2.75, 3.05) is 18.0 Å². The van der Waals surface area contributed by atoms with Crippen LogP contribution in [-0.4, -0.2) is 36.3 Å². The third kappa shape index (κ3) is 4.20. The van der Waals surface area contributed by atoms with Crippen LogP contribution < -0.4 is 16.4 Å². The van der Waals surface area contributed by atoms with E-state index in [4.69, 9.17) is 16.6 Å². The third-order valence-electron chi connectivity index (χ3n) is 3.48. The van der Waals surface area contributed by atoms with Crippen molar-refractivity contribution in [1.82, 2.24) is 0 Å². The molecule has 1 aliphatic heterocycles. The number of nitrogens with zero attached hydrogens (tertiary/aromatic N) is 3. The van der Waals surface area contributed by atoms with Gasteiger partial charge in [0.1, 0.15) is 0 Å². The first-order chi connectivity index (χ1) is 10.1. The normalized spacial score (nSPS) is 16.1. The molecule has 1 heterocycles. The summed E-state index contributed by atoms with van der Waals surface area (Å²) in [5, 5.41) is 16.3. The highest BCUT2D eigenvalue weighted by atomic mass is 16.4. The SMILES string of the molecule is NC(N)=NN=Cc1ccc(N2CCC(C(=O)O)CC2)cc1. The lowest BCUT2D eigenvalue weighted by molar-refractivity contribution is -0.142. The number of piperidine rings is 1. The second kappa shape index (κ2) is 6.74. The number of anilines is 1. The Morgan fingerprint density at radius 1 is 1.24 bits per heavy atom. The van der Waals surface area contributed by atoms with Gasteiger partial charge in [0.25, 0.3) is 0 Å². The van der Waals surface area contributed by atoms with E-state index < -0.39 is 5.97 Å². The number of nitrogens with two attached hydrogens (primary N) is 2. The van der Waals surface area contributed by atoms with Gasteiger partial charge in [0.2, 0.25) is 5.96 Å². The van der Waals surface area contributed by atoms with Gasteiger partial charge in [-0.2, -0.15) is 5.10 Å². The summed E-state index contributed by atoms with van der Waals surface area (Å²) in [4.78, 5) is 13.1. The molecule has 1 fully saturated rings. The van der Waals surface area contributed by atoms with Gasteiger partial charge in [-0.05, 0) is 30.5 Å². The quantitative estimate of drug-likeness (QED) is 0.426. The molecule has 0 spiro atoms. The summed E-state index contributed by atoms with van der Waals surface area (Å²) < 4.78 is 0. The second-order valence-electron chi connectivity index (χ2n) is 4.96. The summed E-state index contributed by atoms with van der Waals surface area (Å²) in [5.41, 5.74) is 12.3. The number of hydrogen-bond donors (Lipinski definition) is 3. The molecule has 2 rings (SSSR count). The van der Waals surface area contributed by atoms with E-state index in [1.54, 1.807) is 6.21 Å². The lowest BCUT2D eigenvalue weighted by Gasteiger charge is -2.31. The van der Waals surface area contributed by atoms with Crippen molar-refractivity contribution in [3.63, 3.8) is 0 Å². The molecule has 112 valence electrons. The number of benzene rings is 1. The van der Waals surface area contributed by atoms with E-state index in [-0.39, 0.29) is 11.9 Å². The van der Waals surface area contributed by atoms with Crippen LogP contribution in [0.3, 0.4) is 0 Å². The Kier molecular flexibility index (Phi) is 4.76. The molecule has 1 aromatic carbocycles. The fraction of sp³-hybridized carbons (Fsp3) is 0.357. The first-order valence-corrected chi connectivity index (χ1v) is 6.76. The van der Waals surface area contributed by atoms with E-state index in [9.17, 15) is 4.79 Å². The Hall–Kier alpha value is -2.57. The topological polar surface area (TPSA) is 117 Å². The van der Waals surface area contributed by atoms with E-state index in [0.29, 0.717) is 12.8 Å². The minimum Gasteiger partial charge on any atom is -0.481 e. The average molecular weight is 289 g/mol. The number of carboxylic acid groups (broad SMARTS) is 1. The molecule has 7 heteroatoms. The lowest BCUT2D eigenvalue weighted by atomic mass is 9.96. The van der Waals surface area contributed by atoms with Gasteiger partial charge in [-0.1, -0.05) is 12.1 Å². The predicted octanol–water partition coefficient (Wildman–Crippen LogP) is 0.595. The highest BCUT2D eigenvalue weighted by Gasteiger charge is 2.24. The van der Waals surface area contributed by atoms with Crippen LogP contribution in [0.25, 0.3) is 0 Å². The van der Waals surface area contributed by atoms with Crippen LogP contribution >= 0.6 is 0 Å². The average Bonchev–Trinajstić information content (AvgIpc) is 2.48. The molecular weight excluding hydrogens is 270 g/mol. The van der Waals surface area contributed by atoms with Gasteiger partial charge >= 0.3 is 5.97 Å². The van der Waals surface area contributed by atoms with E-state index in [2.05, 4.69) is 15.1 Å². The Balaban J connectivity index is 1.95. The predicted molar refractivity (Wildman–Crippen MR) is 82.4 cm³/mol. The molecule has 1 aliphatic rings. The summed E-state index contributed by atoms with van der Waals surface area (Å²) in [5.74, 6) is -0.989. The monoisotopic (exact) mass is 289 g/mol. The molecular formula is C14H19N5O2. The number of hydrogen-bond acceptors (Lipinski definition) is 4. The largest absolute Gasteiger partial charge is 0.481 e. The highest BCUT2D eigenvalue weighted by Crippen LogP contribution is 2.23. The minimum absolute atomic E-state index is 0.0795. The summed E-state index contributed by atoms with van der Waals surface area (Å²) >= 11 is 0. The summed E-state index contributed by atoms with van der Waals surface area (Å²) in [6.45, 7) is 1.52. The molecule has 0 aromatic heterocycles. The standard InChI is InChI=1S/C14H19N5O2/c15-14(16)18-17-9-10-1-3-12(4-2-10)19-7-5-11(6-8-19)13(20)21/h1-4,9,11H,5-8H2,(H,20,21)(H4,15,16,18). The summed E-state index contributed by atoms with van der Waals surface area (Å²) in [6, 6.07) is 7.81. The molecule has 1 aromatic rings. The number of carboxylic acids is 1. The van der Waals surface area contributed by atoms with Crippen molar-refractivity contribution in [3.8, 4) is 0 Å².